The highest BCUT2D eigenvalue weighted by Crippen LogP contribution is 2.24. The van der Waals surface area contributed by atoms with Crippen molar-refractivity contribution in [2.24, 2.45) is 0 Å². The molecule has 0 aliphatic heterocycles. The molecule has 0 atom stereocenters. The van der Waals surface area contributed by atoms with Crippen LogP contribution < -0.4 is 0 Å². The molecule has 0 aliphatic rings. The summed E-state index contributed by atoms with van der Waals surface area (Å²) in [5.74, 6) is 0. The van der Waals surface area contributed by atoms with Crippen molar-refractivity contribution in [3.8, 4) is 11.1 Å². The number of fused-ring (bicyclic) bond motifs is 6. The summed E-state index contributed by atoms with van der Waals surface area (Å²) in [5.41, 5.74) is 4.73. The summed E-state index contributed by atoms with van der Waals surface area (Å²) in [6.45, 7) is 0. The first-order valence-corrected chi connectivity index (χ1v) is 13.4. The second-order valence-electron chi connectivity index (χ2n) is 9.46. The van der Waals surface area contributed by atoms with Crippen molar-refractivity contribution in [3.63, 3.8) is 0 Å². The van der Waals surface area contributed by atoms with Crippen LogP contribution in [0.2, 0.25) is 0 Å². The van der Waals surface area contributed by atoms with E-state index in [9.17, 15) is 0 Å². The highest BCUT2D eigenvalue weighted by molar-refractivity contribution is 6.05. The van der Waals surface area contributed by atoms with Crippen molar-refractivity contribution in [3.05, 3.63) is 170 Å². The molecule has 0 N–H and O–H groups in total. The van der Waals surface area contributed by atoms with Gasteiger partial charge in [0.15, 0.2) is 0 Å². The minimum atomic E-state index is 0. The quantitative estimate of drug-likeness (QED) is 0.179. The monoisotopic (exact) mass is 584 g/mol. The van der Waals surface area contributed by atoms with Crippen LogP contribution in [0, 0.1) is 0 Å². The molecule has 0 radical (unpaired) electrons. The predicted octanol–water partition coefficient (Wildman–Crippen LogP) is 11.0. The minimum absolute atomic E-state index is 0. The van der Waals surface area contributed by atoms with Gasteiger partial charge in [0.2, 0.25) is 0 Å². The fraction of sp³-hybridized carbons (Fsp3) is 0. The van der Waals surface area contributed by atoms with Gasteiger partial charge in [0, 0.05) is 33.9 Å². The topological polar surface area (TPSA) is 25.8 Å². The summed E-state index contributed by atoms with van der Waals surface area (Å²) in [6.07, 6.45) is 3.68. The van der Waals surface area contributed by atoms with Gasteiger partial charge in [0.25, 0.3) is 0 Å². The van der Waals surface area contributed by atoms with E-state index in [0.717, 1.165) is 11.0 Å². The molecule has 0 aliphatic carbocycles. The van der Waals surface area contributed by atoms with Crippen LogP contribution in [0.25, 0.3) is 54.5 Å². The lowest BCUT2D eigenvalue weighted by molar-refractivity contribution is 1.43. The van der Waals surface area contributed by atoms with Crippen LogP contribution in [0.1, 0.15) is 0 Å². The van der Waals surface area contributed by atoms with Gasteiger partial charge < -0.3 is 0 Å². The second kappa shape index (κ2) is 14.7. The Morgan fingerprint density at radius 3 is 1.05 bits per heavy atom. The van der Waals surface area contributed by atoms with E-state index >= 15 is 0 Å². The lowest BCUT2D eigenvalue weighted by Crippen LogP contribution is -1.79. The van der Waals surface area contributed by atoms with Crippen molar-refractivity contribution < 1.29 is 0 Å². The van der Waals surface area contributed by atoms with Gasteiger partial charge in [0.1, 0.15) is 0 Å². The lowest BCUT2D eigenvalue weighted by atomic mass is 10.1. The molecule has 4 heteroatoms. The number of hydrogen-bond donors (Lipinski definition) is 0. The Morgan fingerprint density at radius 2 is 0.619 bits per heavy atom. The van der Waals surface area contributed by atoms with Crippen molar-refractivity contribution >= 4 is 68.2 Å². The van der Waals surface area contributed by atoms with Gasteiger partial charge in [-0.3, -0.25) is 9.97 Å². The number of pyridine rings is 2. The summed E-state index contributed by atoms with van der Waals surface area (Å²) < 4.78 is 0. The largest absolute Gasteiger partial charge is 0.256 e. The molecule has 0 saturated heterocycles. The Hall–Kier alpha value is -4.76. The fourth-order valence-electron chi connectivity index (χ4n) is 4.89. The van der Waals surface area contributed by atoms with Crippen molar-refractivity contribution in [2.75, 3.05) is 0 Å². The van der Waals surface area contributed by atoms with E-state index in [1.54, 1.807) is 0 Å². The maximum Gasteiger partial charge on any atom is 0.0780 e. The van der Waals surface area contributed by atoms with Gasteiger partial charge in [-0.25, -0.2) is 0 Å². The third-order valence-electron chi connectivity index (χ3n) is 6.88. The first-order valence-electron chi connectivity index (χ1n) is 13.4. The van der Waals surface area contributed by atoms with Gasteiger partial charge in [-0.2, -0.15) is 0 Å². The Morgan fingerprint density at radius 1 is 0.286 bits per heavy atom. The molecule has 2 aromatic heterocycles. The highest BCUT2D eigenvalue weighted by atomic mass is 35.5. The highest BCUT2D eigenvalue weighted by Gasteiger charge is 2.00. The first kappa shape index (κ1) is 30.2. The maximum absolute atomic E-state index is 4.41. The first-order chi connectivity index (χ1) is 19.9. The summed E-state index contributed by atoms with van der Waals surface area (Å²) in [7, 11) is 0. The second-order valence-corrected chi connectivity index (χ2v) is 9.46. The lowest BCUT2D eigenvalue weighted by Gasteiger charge is -2.01. The molecule has 0 fully saturated rings. The molecule has 0 bridgehead atoms. The van der Waals surface area contributed by atoms with Crippen LogP contribution in [0.15, 0.2) is 170 Å². The average Bonchev–Trinajstić information content (AvgIpc) is 3.06. The van der Waals surface area contributed by atoms with Gasteiger partial charge in [0.05, 0.1) is 11.0 Å². The molecular weight excluding hydrogens is 555 g/mol. The van der Waals surface area contributed by atoms with E-state index in [1.807, 2.05) is 36.7 Å². The van der Waals surface area contributed by atoms with E-state index < -0.39 is 0 Å². The SMILES string of the molecule is Cl.Cl.c1ccc(-c2ccccc2)cc1.c1ccc2c(c1)ccc1cccnc12.c1ccc2c(c1)ccc1cccnc12. The Balaban J connectivity index is 0.000000142. The minimum Gasteiger partial charge on any atom is -0.256 e. The third kappa shape index (κ3) is 6.92. The van der Waals surface area contributed by atoms with Gasteiger partial charge >= 0.3 is 0 Å². The third-order valence-corrected chi connectivity index (χ3v) is 6.88. The summed E-state index contributed by atoms with van der Waals surface area (Å²) in [5, 5.41) is 7.35. The summed E-state index contributed by atoms with van der Waals surface area (Å²) >= 11 is 0. The summed E-state index contributed by atoms with van der Waals surface area (Å²) in [6, 6.07) is 54.1. The number of aromatic nitrogens is 2. The zero-order valence-electron chi connectivity index (χ0n) is 22.9. The molecule has 8 aromatic rings. The number of halogens is 2. The van der Waals surface area contributed by atoms with Crippen molar-refractivity contribution in [1.82, 2.24) is 9.97 Å². The van der Waals surface area contributed by atoms with Crippen LogP contribution in [0.4, 0.5) is 0 Å². The molecule has 0 amide bonds. The summed E-state index contributed by atoms with van der Waals surface area (Å²) in [4.78, 5) is 8.82. The molecule has 6 aromatic carbocycles. The van der Waals surface area contributed by atoms with E-state index in [4.69, 9.17) is 0 Å². The molecule has 2 nitrogen and oxygen atoms in total. The van der Waals surface area contributed by atoms with Gasteiger partial charge in [-0.1, -0.05) is 146 Å². The number of rotatable bonds is 1. The van der Waals surface area contributed by atoms with Crippen LogP contribution >= 0.6 is 24.8 Å². The van der Waals surface area contributed by atoms with E-state index in [-0.39, 0.29) is 24.8 Å². The normalized spacial score (nSPS) is 10.0. The van der Waals surface area contributed by atoms with E-state index in [2.05, 4.69) is 143 Å². The molecule has 2 heterocycles. The zero-order chi connectivity index (χ0) is 27.0. The van der Waals surface area contributed by atoms with E-state index in [0.29, 0.717) is 0 Å². The van der Waals surface area contributed by atoms with Crippen LogP contribution in [0.3, 0.4) is 0 Å². The van der Waals surface area contributed by atoms with Crippen molar-refractivity contribution in [2.45, 2.75) is 0 Å². The molecule has 0 unspecified atom stereocenters. The predicted molar refractivity (Wildman–Crippen MR) is 185 cm³/mol. The number of hydrogen-bond acceptors (Lipinski definition) is 2. The molecule has 8 rings (SSSR count). The Kier molecular flexibility index (Phi) is 10.6. The maximum atomic E-state index is 4.41. The molecule has 206 valence electrons. The molecule has 0 spiro atoms. The number of nitrogens with zero attached hydrogens (tertiary/aromatic N) is 2. The van der Waals surface area contributed by atoms with Crippen LogP contribution in [-0.4, -0.2) is 9.97 Å². The van der Waals surface area contributed by atoms with Gasteiger partial charge in [-0.15, -0.1) is 24.8 Å². The van der Waals surface area contributed by atoms with E-state index in [1.165, 1.54) is 43.4 Å². The van der Waals surface area contributed by atoms with Crippen molar-refractivity contribution in [1.29, 1.82) is 0 Å². The van der Waals surface area contributed by atoms with Crippen LogP contribution in [-0.2, 0) is 0 Å². The fourth-order valence-corrected chi connectivity index (χ4v) is 4.89. The Labute approximate surface area is 258 Å². The van der Waals surface area contributed by atoms with Crippen LogP contribution in [0.5, 0.6) is 0 Å². The molecular formula is C38H30Cl2N2. The zero-order valence-corrected chi connectivity index (χ0v) is 24.5. The molecule has 42 heavy (non-hydrogen) atoms. The van der Waals surface area contributed by atoms with Gasteiger partial charge in [-0.05, 0) is 34.0 Å². The smallest absolute Gasteiger partial charge is 0.0780 e. The number of benzene rings is 6. The average molecular weight is 586 g/mol. The Bertz CT molecular complexity index is 1750. The standard InChI is InChI=1S/2C13H9N.C12H10.2ClH/c2*1-2-6-12-10(4-1)7-8-11-5-3-9-14-13(11)12;1-3-7-11(8-4-1)12-9-5-2-6-10-12;;/h2*1-9H;1-10H;2*1H. The molecule has 0 saturated carbocycles.